The number of carbonyl (C=O) groups excluding carboxylic acids is 2. The zero-order valence-electron chi connectivity index (χ0n) is 16.3. The topological polar surface area (TPSA) is 90.2 Å². The van der Waals surface area contributed by atoms with Gasteiger partial charge in [-0.1, -0.05) is 48.5 Å². The van der Waals surface area contributed by atoms with Gasteiger partial charge >= 0.3 is 0 Å². The van der Waals surface area contributed by atoms with Gasteiger partial charge < -0.3 is 10.2 Å². The molecule has 1 saturated heterocycles. The van der Waals surface area contributed by atoms with Crippen LogP contribution in [0.2, 0.25) is 0 Å². The van der Waals surface area contributed by atoms with Crippen molar-refractivity contribution in [2.24, 2.45) is 16.9 Å². The third kappa shape index (κ3) is 2.36. The fraction of sp³-hybridized carbons (Fsp3) is 0.160. The van der Waals surface area contributed by atoms with E-state index < -0.39 is 11.8 Å². The highest BCUT2D eigenvalue weighted by Gasteiger charge is 2.61. The quantitative estimate of drug-likeness (QED) is 0.385. The van der Waals surface area contributed by atoms with Crippen LogP contribution >= 0.6 is 0 Å². The Labute approximate surface area is 178 Å². The van der Waals surface area contributed by atoms with Crippen LogP contribution in [0.1, 0.15) is 39.7 Å². The molecule has 31 heavy (non-hydrogen) atoms. The molecule has 0 radical (unpaired) electrons. The van der Waals surface area contributed by atoms with Crippen molar-refractivity contribution in [2.45, 2.75) is 11.8 Å². The van der Waals surface area contributed by atoms with Crippen molar-refractivity contribution in [3.8, 4) is 11.5 Å². The van der Waals surface area contributed by atoms with E-state index in [1.807, 2.05) is 24.3 Å². The highest BCUT2D eigenvalue weighted by molar-refractivity contribution is 6.08. The maximum atomic E-state index is 13.4. The maximum Gasteiger partial charge on any atom is 0.254 e. The van der Waals surface area contributed by atoms with Crippen LogP contribution in [-0.2, 0) is 9.59 Å². The van der Waals surface area contributed by atoms with Gasteiger partial charge in [0.1, 0.15) is 0 Å². The summed E-state index contributed by atoms with van der Waals surface area (Å²) in [7, 11) is 0. The Balaban J connectivity index is 1.44. The third-order valence-corrected chi connectivity index (χ3v) is 6.75. The van der Waals surface area contributed by atoms with Gasteiger partial charge in [0.15, 0.2) is 11.5 Å². The Bertz CT molecular complexity index is 1180. The number of amides is 2. The summed E-state index contributed by atoms with van der Waals surface area (Å²) in [5, 5.41) is 24.3. The van der Waals surface area contributed by atoms with Crippen molar-refractivity contribution < 1.29 is 19.8 Å². The summed E-state index contributed by atoms with van der Waals surface area (Å²) in [6, 6.07) is 20.3. The lowest BCUT2D eigenvalue weighted by Gasteiger charge is -2.45. The molecular formula is C25H18N2O4. The Morgan fingerprint density at radius 3 is 1.65 bits per heavy atom. The molecule has 3 aromatic carbocycles. The van der Waals surface area contributed by atoms with Crippen LogP contribution in [0.15, 0.2) is 71.8 Å². The van der Waals surface area contributed by atoms with Gasteiger partial charge in [0, 0.05) is 11.8 Å². The Morgan fingerprint density at radius 2 is 1.19 bits per heavy atom. The summed E-state index contributed by atoms with van der Waals surface area (Å²) in [4.78, 5) is 26.8. The van der Waals surface area contributed by atoms with E-state index >= 15 is 0 Å². The molecule has 0 saturated carbocycles. The minimum absolute atomic E-state index is 0.170. The predicted molar refractivity (Wildman–Crippen MR) is 113 cm³/mol. The van der Waals surface area contributed by atoms with Crippen molar-refractivity contribution in [2.75, 3.05) is 0 Å². The first-order chi connectivity index (χ1) is 15.1. The van der Waals surface area contributed by atoms with Gasteiger partial charge in [0.2, 0.25) is 0 Å². The molecule has 4 aliphatic rings. The molecule has 2 amide bonds. The van der Waals surface area contributed by atoms with Crippen LogP contribution in [0.5, 0.6) is 11.5 Å². The molecule has 6 heteroatoms. The smallest absolute Gasteiger partial charge is 0.254 e. The monoisotopic (exact) mass is 410 g/mol. The molecule has 0 spiro atoms. The van der Waals surface area contributed by atoms with Crippen molar-refractivity contribution >= 4 is 18.0 Å². The fourth-order valence-corrected chi connectivity index (χ4v) is 5.52. The average molecular weight is 410 g/mol. The summed E-state index contributed by atoms with van der Waals surface area (Å²) in [6.07, 6.45) is 1.36. The van der Waals surface area contributed by atoms with E-state index in [0.717, 1.165) is 27.3 Å². The average Bonchev–Trinajstić information content (AvgIpc) is 3.05. The van der Waals surface area contributed by atoms with E-state index in [0.29, 0.717) is 5.56 Å². The van der Waals surface area contributed by atoms with Crippen LogP contribution in [0, 0.1) is 11.8 Å². The van der Waals surface area contributed by atoms with E-state index in [1.54, 1.807) is 6.07 Å². The van der Waals surface area contributed by atoms with Crippen LogP contribution in [0.4, 0.5) is 0 Å². The minimum Gasteiger partial charge on any atom is -0.504 e. The summed E-state index contributed by atoms with van der Waals surface area (Å²) in [5.41, 5.74) is 4.93. The van der Waals surface area contributed by atoms with Gasteiger partial charge in [0.25, 0.3) is 11.8 Å². The molecule has 6 nitrogen and oxygen atoms in total. The van der Waals surface area contributed by atoms with Crippen LogP contribution in [-0.4, -0.2) is 33.3 Å². The number of imide groups is 1. The number of hydrogen-bond donors (Lipinski definition) is 2. The molecule has 1 heterocycles. The fourth-order valence-electron chi connectivity index (χ4n) is 5.52. The lowest BCUT2D eigenvalue weighted by molar-refractivity contribution is -0.139. The number of carbonyl (C=O) groups is 2. The molecule has 7 rings (SSSR count). The number of phenols is 2. The predicted octanol–water partition coefficient (Wildman–Crippen LogP) is 3.32. The first-order valence-electron chi connectivity index (χ1n) is 10.2. The van der Waals surface area contributed by atoms with E-state index in [9.17, 15) is 19.8 Å². The second-order valence-corrected chi connectivity index (χ2v) is 8.25. The number of phenolic OH excluding ortho intramolecular Hbond substituents is 2. The normalized spacial score (nSPS) is 25.6. The number of benzene rings is 3. The molecule has 3 aromatic rings. The number of rotatable bonds is 2. The summed E-state index contributed by atoms with van der Waals surface area (Å²) >= 11 is 0. The zero-order chi connectivity index (χ0) is 21.3. The number of hydrazone groups is 1. The van der Waals surface area contributed by atoms with Crippen molar-refractivity contribution in [3.63, 3.8) is 0 Å². The van der Waals surface area contributed by atoms with Gasteiger partial charge in [-0.25, -0.2) is 0 Å². The highest BCUT2D eigenvalue weighted by Crippen LogP contribution is 2.60. The second kappa shape index (κ2) is 6.28. The molecule has 3 aliphatic carbocycles. The van der Waals surface area contributed by atoms with Gasteiger partial charge in [0.05, 0.1) is 18.1 Å². The van der Waals surface area contributed by atoms with Crippen molar-refractivity contribution in [3.05, 3.63) is 94.5 Å². The SMILES string of the molecule is O=C1[C@@H]2C3c4ccccc4C(c4ccccc43)[C@H]2C(=O)N1/N=C\c1ccc(O)c(O)c1. The molecule has 1 aliphatic heterocycles. The number of nitrogens with zero attached hydrogens (tertiary/aromatic N) is 2. The molecule has 0 unspecified atom stereocenters. The molecule has 152 valence electrons. The van der Waals surface area contributed by atoms with Crippen molar-refractivity contribution in [1.29, 1.82) is 0 Å². The molecular weight excluding hydrogens is 392 g/mol. The number of hydrogen-bond acceptors (Lipinski definition) is 5. The van der Waals surface area contributed by atoms with E-state index in [2.05, 4.69) is 29.4 Å². The van der Waals surface area contributed by atoms with Crippen LogP contribution in [0.3, 0.4) is 0 Å². The molecule has 2 N–H and O–H groups in total. The van der Waals surface area contributed by atoms with Gasteiger partial charge in [-0.05, 0) is 46.0 Å². The Morgan fingerprint density at radius 1 is 0.710 bits per heavy atom. The maximum absolute atomic E-state index is 13.4. The van der Waals surface area contributed by atoms with Gasteiger partial charge in [-0.15, -0.1) is 0 Å². The zero-order valence-corrected chi connectivity index (χ0v) is 16.3. The lowest BCUT2D eigenvalue weighted by Crippen LogP contribution is -2.41. The second-order valence-electron chi connectivity index (χ2n) is 8.25. The summed E-state index contributed by atoms with van der Waals surface area (Å²) < 4.78 is 0. The Hall–Kier alpha value is -3.93. The highest BCUT2D eigenvalue weighted by atomic mass is 16.3. The molecule has 0 aromatic heterocycles. The summed E-state index contributed by atoms with van der Waals surface area (Å²) in [5.74, 6) is -2.43. The van der Waals surface area contributed by atoms with Gasteiger partial charge in [-0.3, -0.25) is 9.59 Å². The number of aromatic hydroxyl groups is 2. The first kappa shape index (κ1) is 17.9. The minimum atomic E-state index is -0.479. The van der Waals surface area contributed by atoms with E-state index in [1.165, 1.54) is 18.3 Å². The standard InChI is InChI=1S/C25H18N2O4/c28-18-10-9-13(11-19(18)29)12-26-27-24(30)22-20-14-5-1-2-6-15(14)21(23(22)25(27)31)17-8-4-3-7-16(17)20/h1-12,20-23,28-29H/b26-12-/t20?,21?,22-,23-/m1/s1. The molecule has 2 atom stereocenters. The first-order valence-corrected chi connectivity index (χ1v) is 10.2. The van der Waals surface area contributed by atoms with Crippen molar-refractivity contribution in [1.82, 2.24) is 5.01 Å². The molecule has 2 bridgehead atoms. The van der Waals surface area contributed by atoms with E-state index in [4.69, 9.17) is 0 Å². The lowest BCUT2D eigenvalue weighted by atomic mass is 9.55. The van der Waals surface area contributed by atoms with Gasteiger partial charge in [-0.2, -0.15) is 10.1 Å². The Kier molecular flexibility index (Phi) is 3.63. The van der Waals surface area contributed by atoms with E-state index in [-0.39, 0.29) is 35.1 Å². The summed E-state index contributed by atoms with van der Waals surface area (Å²) in [6.45, 7) is 0. The largest absolute Gasteiger partial charge is 0.504 e. The van der Waals surface area contributed by atoms with Crippen LogP contribution < -0.4 is 0 Å². The molecule has 1 fully saturated rings. The third-order valence-electron chi connectivity index (χ3n) is 6.75. The van der Waals surface area contributed by atoms with Crippen LogP contribution in [0.25, 0.3) is 0 Å².